The van der Waals surface area contributed by atoms with Gasteiger partial charge in [-0.25, -0.2) is 0 Å². The van der Waals surface area contributed by atoms with E-state index in [9.17, 15) is 14.9 Å². The van der Waals surface area contributed by atoms with Crippen LogP contribution in [0, 0.1) is 10.1 Å². The Morgan fingerprint density at radius 1 is 1.19 bits per heavy atom. The molecule has 0 aromatic heterocycles. The highest BCUT2D eigenvalue weighted by Crippen LogP contribution is 2.18. The van der Waals surface area contributed by atoms with Crippen molar-refractivity contribution in [3.05, 3.63) is 69.8 Å². The molecule has 1 aliphatic rings. The molecule has 1 saturated heterocycles. The first-order valence-corrected chi connectivity index (χ1v) is 8.93. The minimum atomic E-state index is -0.432. The van der Waals surface area contributed by atoms with Gasteiger partial charge in [0.05, 0.1) is 11.5 Å². The number of ether oxygens (including phenoxy) is 1. The van der Waals surface area contributed by atoms with Gasteiger partial charge < -0.3 is 4.74 Å². The molecule has 0 aliphatic carbocycles. The van der Waals surface area contributed by atoms with E-state index in [2.05, 4.69) is 17.5 Å². The van der Waals surface area contributed by atoms with Gasteiger partial charge in [0, 0.05) is 29.5 Å². The molecule has 26 heavy (non-hydrogen) atoms. The fourth-order valence-corrected chi connectivity index (χ4v) is 3.21. The summed E-state index contributed by atoms with van der Waals surface area (Å²) in [6, 6.07) is 13.3. The van der Waals surface area contributed by atoms with E-state index in [1.165, 1.54) is 12.1 Å². The second kappa shape index (κ2) is 8.33. The predicted molar refractivity (Wildman–Crippen MR) is 102 cm³/mol. The maximum Gasteiger partial charge on any atom is 0.269 e. The predicted octanol–water partition coefficient (Wildman–Crippen LogP) is 3.36. The number of hydrogen-bond donors (Lipinski definition) is 1. The quantitative estimate of drug-likeness (QED) is 0.349. The number of carbonyl (C=O) groups excluding carboxylic acids is 1. The number of Topliss-reactive ketones (excluding diaryl/α,β-unsaturated/α-hetero) is 1. The fraction of sp³-hybridized carbons (Fsp3) is 0.316. The lowest BCUT2D eigenvalue weighted by molar-refractivity contribution is -0.384. The second-order valence-electron chi connectivity index (χ2n) is 6.34. The Kier molecular flexibility index (Phi) is 5.90. The third-order valence-electron chi connectivity index (χ3n) is 4.34. The normalized spacial score (nSPS) is 17.2. The summed E-state index contributed by atoms with van der Waals surface area (Å²) in [7, 11) is 0. The van der Waals surface area contributed by atoms with E-state index < -0.39 is 4.92 Å². The summed E-state index contributed by atoms with van der Waals surface area (Å²) in [5.41, 5.74) is 1.56. The van der Waals surface area contributed by atoms with Crippen LogP contribution in [0.4, 0.5) is 5.69 Å². The van der Waals surface area contributed by atoms with E-state index in [-0.39, 0.29) is 11.5 Å². The number of thiol groups is 1. The Morgan fingerprint density at radius 2 is 1.88 bits per heavy atom. The lowest BCUT2D eigenvalue weighted by Crippen LogP contribution is -2.27. The van der Waals surface area contributed by atoms with E-state index in [1.54, 1.807) is 36.4 Å². The lowest BCUT2D eigenvalue weighted by Gasteiger charge is -2.14. The van der Waals surface area contributed by atoms with Gasteiger partial charge in [-0.3, -0.25) is 19.8 Å². The van der Waals surface area contributed by atoms with Crippen LogP contribution in [0.2, 0.25) is 0 Å². The first-order chi connectivity index (χ1) is 12.5. The fourth-order valence-electron chi connectivity index (χ4n) is 2.87. The molecule has 0 amide bonds. The van der Waals surface area contributed by atoms with Crippen molar-refractivity contribution < 1.29 is 14.5 Å². The number of rotatable bonds is 7. The molecule has 136 valence electrons. The molecule has 7 heteroatoms. The zero-order valence-corrected chi connectivity index (χ0v) is 15.1. The van der Waals surface area contributed by atoms with Gasteiger partial charge in [-0.1, -0.05) is 0 Å². The van der Waals surface area contributed by atoms with Gasteiger partial charge in [0.1, 0.15) is 12.4 Å². The zero-order chi connectivity index (χ0) is 18.5. The molecule has 1 unspecified atom stereocenters. The van der Waals surface area contributed by atoms with Gasteiger partial charge >= 0.3 is 0 Å². The molecule has 1 atom stereocenters. The van der Waals surface area contributed by atoms with Crippen LogP contribution in [0.3, 0.4) is 0 Å². The number of ketones is 1. The van der Waals surface area contributed by atoms with Gasteiger partial charge in [0.15, 0.2) is 5.78 Å². The van der Waals surface area contributed by atoms with Gasteiger partial charge in [-0.15, -0.1) is 0 Å². The Hall–Kier alpha value is -2.38. The molecule has 3 rings (SSSR count). The van der Waals surface area contributed by atoms with Crippen molar-refractivity contribution in [1.29, 1.82) is 0 Å². The third kappa shape index (κ3) is 4.83. The average molecular weight is 372 g/mol. The van der Waals surface area contributed by atoms with Crippen molar-refractivity contribution in [2.45, 2.75) is 18.3 Å². The van der Waals surface area contributed by atoms with Crippen LogP contribution in [0.1, 0.15) is 22.3 Å². The molecule has 1 heterocycles. The highest BCUT2D eigenvalue weighted by atomic mass is 32.1. The number of non-ortho nitro benzene ring substituents is 1. The van der Waals surface area contributed by atoms with Gasteiger partial charge in [0.25, 0.3) is 5.69 Å². The summed E-state index contributed by atoms with van der Waals surface area (Å²) < 4.78 is 5.67. The highest BCUT2D eigenvalue weighted by molar-refractivity contribution is 7.81. The van der Waals surface area contributed by atoms with E-state index in [4.69, 9.17) is 4.74 Å². The summed E-state index contributed by atoms with van der Waals surface area (Å²) in [6.07, 6.45) is 1.02. The van der Waals surface area contributed by atoms with Crippen LogP contribution in [0.5, 0.6) is 5.75 Å². The van der Waals surface area contributed by atoms with Crippen molar-refractivity contribution in [2.24, 2.45) is 0 Å². The van der Waals surface area contributed by atoms with Gasteiger partial charge in [0.2, 0.25) is 0 Å². The summed E-state index contributed by atoms with van der Waals surface area (Å²) >= 11 is 4.44. The van der Waals surface area contributed by atoms with Gasteiger partial charge in [-0.2, -0.15) is 12.6 Å². The molecule has 0 bridgehead atoms. The van der Waals surface area contributed by atoms with E-state index in [0.29, 0.717) is 29.7 Å². The highest BCUT2D eigenvalue weighted by Gasteiger charge is 2.21. The minimum absolute atomic E-state index is 0.0545. The number of nitrogens with zero attached hydrogens (tertiary/aromatic N) is 2. The molecule has 2 aromatic carbocycles. The zero-order valence-electron chi connectivity index (χ0n) is 14.2. The topological polar surface area (TPSA) is 72.7 Å². The van der Waals surface area contributed by atoms with Gasteiger partial charge in [-0.05, 0) is 54.9 Å². The standard InChI is InChI=1S/C19H20N2O4S/c22-19(12-20-10-9-18(26)11-20)15-3-7-17(8-4-15)25-13-14-1-5-16(6-2-14)21(23)24/h1-8,18,26H,9-13H2. The van der Waals surface area contributed by atoms with Crippen molar-refractivity contribution in [3.8, 4) is 5.75 Å². The molecule has 6 nitrogen and oxygen atoms in total. The molecule has 0 N–H and O–H groups in total. The van der Waals surface area contributed by atoms with Crippen LogP contribution in [0.15, 0.2) is 48.5 Å². The number of carbonyl (C=O) groups is 1. The van der Waals surface area contributed by atoms with E-state index >= 15 is 0 Å². The maximum absolute atomic E-state index is 12.3. The summed E-state index contributed by atoms with van der Waals surface area (Å²) in [5, 5.41) is 11.0. The van der Waals surface area contributed by atoms with Crippen LogP contribution < -0.4 is 4.74 Å². The Balaban J connectivity index is 1.52. The SMILES string of the molecule is O=C(CN1CCC(S)C1)c1ccc(OCc2ccc([N+](=O)[O-])cc2)cc1. The number of nitro benzene ring substituents is 1. The first-order valence-electron chi connectivity index (χ1n) is 8.41. The Morgan fingerprint density at radius 3 is 2.46 bits per heavy atom. The average Bonchev–Trinajstić information content (AvgIpc) is 3.05. The summed E-state index contributed by atoms with van der Waals surface area (Å²) in [4.78, 5) is 24.7. The minimum Gasteiger partial charge on any atom is -0.489 e. The number of likely N-dealkylation sites (tertiary alicyclic amines) is 1. The van der Waals surface area contributed by atoms with E-state index in [0.717, 1.165) is 25.1 Å². The lowest BCUT2D eigenvalue weighted by atomic mass is 10.1. The molecular formula is C19H20N2O4S. The van der Waals surface area contributed by atoms with E-state index in [1.807, 2.05) is 0 Å². The molecule has 2 aromatic rings. The Bertz CT molecular complexity index is 777. The number of benzene rings is 2. The number of hydrogen-bond acceptors (Lipinski definition) is 6. The van der Waals surface area contributed by atoms with Crippen LogP contribution in [0.25, 0.3) is 0 Å². The monoisotopic (exact) mass is 372 g/mol. The molecule has 1 aliphatic heterocycles. The largest absolute Gasteiger partial charge is 0.489 e. The summed E-state index contributed by atoms with van der Waals surface area (Å²) in [6.45, 7) is 2.49. The molecule has 0 radical (unpaired) electrons. The Labute approximate surface area is 157 Å². The maximum atomic E-state index is 12.3. The van der Waals surface area contributed by atoms with Crippen LogP contribution in [-0.4, -0.2) is 40.5 Å². The van der Waals surface area contributed by atoms with Crippen molar-refractivity contribution in [1.82, 2.24) is 4.90 Å². The smallest absolute Gasteiger partial charge is 0.269 e. The molecule has 0 saturated carbocycles. The first kappa shape index (κ1) is 18.4. The number of nitro groups is 1. The van der Waals surface area contributed by atoms with Crippen LogP contribution >= 0.6 is 12.6 Å². The van der Waals surface area contributed by atoms with Crippen molar-refractivity contribution >= 4 is 24.1 Å². The van der Waals surface area contributed by atoms with Crippen molar-refractivity contribution in [2.75, 3.05) is 19.6 Å². The summed E-state index contributed by atoms with van der Waals surface area (Å²) in [5.74, 6) is 0.742. The van der Waals surface area contributed by atoms with Crippen LogP contribution in [-0.2, 0) is 6.61 Å². The molecule has 1 fully saturated rings. The third-order valence-corrected chi connectivity index (χ3v) is 4.77. The second-order valence-corrected chi connectivity index (χ2v) is 7.07. The molecular weight excluding hydrogens is 352 g/mol. The molecule has 0 spiro atoms. The van der Waals surface area contributed by atoms with Crippen molar-refractivity contribution in [3.63, 3.8) is 0 Å².